The zero-order chi connectivity index (χ0) is 13.3. The van der Waals surface area contributed by atoms with Gasteiger partial charge in [0.2, 0.25) is 0 Å². The Bertz CT molecular complexity index is 451. The van der Waals surface area contributed by atoms with Gasteiger partial charge in [-0.3, -0.25) is 0 Å². The Morgan fingerprint density at radius 3 is 2.56 bits per heavy atom. The lowest BCUT2D eigenvalue weighted by molar-refractivity contribution is -0.0389. The molecule has 0 spiro atoms. The molecule has 0 bridgehead atoms. The number of halogens is 1. The summed E-state index contributed by atoms with van der Waals surface area (Å²) >= 11 is 5.80. The number of aliphatic hydroxyl groups is 1. The van der Waals surface area contributed by atoms with Crippen molar-refractivity contribution in [2.45, 2.75) is 18.1 Å². The van der Waals surface area contributed by atoms with Crippen LogP contribution in [0.25, 0.3) is 0 Å². The summed E-state index contributed by atoms with van der Waals surface area (Å²) in [6, 6.07) is 6.16. The Labute approximate surface area is 110 Å². The number of carbonyl (C=O) groups is 1. The van der Waals surface area contributed by atoms with Crippen LogP contribution in [-0.2, 0) is 5.60 Å². The number of nitrogens with zero attached hydrogens (tertiary/aromatic N) is 1. The molecule has 0 aromatic heterocycles. The molecular formula is C12H15ClN2O3. The van der Waals surface area contributed by atoms with Gasteiger partial charge in [0.15, 0.2) is 0 Å². The minimum atomic E-state index is -1.20. The molecule has 0 aliphatic carbocycles. The van der Waals surface area contributed by atoms with Crippen molar-refractivity contribution < 1.29 is 15.0 Å². The van der Waals surface area contributed by atoms with Crippen LogP contribution in [0.2, 0.25) is 5.02 Å². The molecule has 2 atom stereocenters. The zero-order valence-electron chi connectivity index (χ0n) is 9.71. The van der Waals surface area contributed by atoms with Crippen molar-refractivity contribution in [1.29, 1.82) is 0 Å². The minimum Gasteiger partial charge on any atom is -0.465 e. The first-order valence-electron chi connectivity index (χ1n) is 5.65. The molecule has 1 aliphatic rings. The van der Waals surface area contributed by atoms with Crippen LogP contribution >= 0.6 is 11.6 Å². The number of nitrogens with two attached hydrogens (primary N) is 1. The smallest absolute Gasteiger partial charge is 0.407 e. The van der Waals surface area contributed by atoms with Gasteiger partial charge in [0.1, 0.15) is 5.60 Å². The van der Waals surface area contributed by atoms with E-state index in [4.69, 9.17) is 22.4 Å². The van der Waals surface area contributed by atoms with E-state index >= 15 is 0 Å². The predicted molar refractivity (Wildman–Crippen MR) is 67.5 cm³/mol. The van der Waals surface area contributed by atoms with E-state index in [0.29, 0.717) is 10.6 Å². The number of carboxylic acid groups (broad SMARTS) is 1. The lowest BCUT2D eigenvalue weighted by Crippen LogP contribution is -2.58. The van der Waals surface area contributed by atoms with Crippen molar-refractivity contribution >= 4 is 17.7 Å². The van der Waals surface area contributed by atoms with Gasteiger partial charge in [-0.05, 0) is 24.1 Å². The summed E-state index contributed by atoms with van der Waals surface area (Å²) < 4.78 is 0. The molecule has 1 fully saturated rings. The fraction of sp³-hybridized carbons (Fsp3) is 0.417. The number of hydrogen-bond donors (Lipinski definition) is 3. The fourth-order valence-electron chi connectivity index (χ4n) is 2.24. The summed E-state index contributed by atoms with van der Waals surface area (Å²) in [5.41, 5.74) is 5.40. The van der Waals surface area contributed by atoms with E-state index in [1.165, 1.54) is 4.90 Å². The number of amides is 1. The van der Waals surface area contributed by atoms with Gasteiger partial charge < -0.3 is 20.8 Å². The summed E-state index contributed by atoms with van der Waals surface area (Å²) in [4.78, 5) is 12.1. The van der Waals surface area contributed by atoms with E-state index in [2.05, 4.69) is 0 Å². The van der Waals surface area contributed by atoms with Crippen LogP contribution in [0.4, 0.5) is 4.79 Å². The highest BCUT2D eigenvalue weighted by Gasteiger charge is 2.42. The highest BCUT2D eigenvalue weighted by Crippen LogP contribution is 2.32. The quantitative estimate of drug-likeness (QED) is 0.716. The third-order valence-electron chi connectivity index (χ3n) is 3.41. The van der Waals surface area contributed by atoms with Crippen molar-refractivity contribution in [3.8, 4) is 0 Å². The second-order valence-corrected chi connectivity index (χ2v) is 4.95. The maximum Gasteiger partial charge on any atom is 0.407 e. The van der Waals surface area contributed by atoms with Crippen LogP contribution in [0.5, 0.6) is 0 Å². The van der Waals surface area contributed by atoms with Crippen LogP contribution < -0.4 is 5.73 Å². The Morgan fingerprint density at radius 2 is 2.06 bits per heavy atom. The van der Waals surface area contributed by atoms with E-state index in [1.807, 2.05) is 0 Å². The van der Waals surface area contributed by atoms with Gasteiger partial charge in [-0.25, -0.2) is 4.79 Å². The standard InChI is InChI=1S/C12H15ClN2O3/c13-9-3-1-8(2-4-9)12(18)5-6-15(11(16)17)7-10(12)14/h1-4,10,18H,5-7,14H2,(H,16,17). The molecule has 2 rings (SSSR count). The first-order chi connectivity index (χ1) is 8.43. The molecule has 18 heavy (non-hydrogen) atoms. The molecule has 1 aromatic rings. The summed E-state index contributed by atoms with van der Waals surface area (Å²) in [6.07, 6.45) is -0.731. The molecule has 4 N–H and O–H groups in total. The number of rotatable bonds is 1. The van der Waals surface area contributed by atoms with Crippen molar-refractivity contribution in [2.75, 3.05) is 13.1 Å². The molecule has 0 radical (unpaired) electrons. The summed E-state index contributed by atoms with van der Waals surface area (Å²) in [5, 5.41) is 20.1. The summed E-state index contributed by atoms with van der Waals surface area (Å²) in [7, 11) is 0. The van der Waals surface area contributed by atoms with Crippen molar-refractivity contribution in [2.24, 2.45) is 5.73 Å². The number of hydrogen-bond acceptors (Lipinski definition) is 3. The van der Waals surface area contributed by atoms with E-state index in [1.54, 1.807) is 24.3 Å². The number of piperidine rings is 1. The Hall–Kier alpha value is -1.30. The molecule has 1 aromatic carbocycles. The molecular weight excluding hydrogens is 256 g/mol. The maximum atomic E-state index is 10.9. The van der Waals surface area contributed by atoms with Gasteiger partial charge >= 0.3 is 6.09 Å². The Balaban J connectivity index is 2.22. The van der Waals surface area contributed by atoms with Crippen LogP contribution in [0.3, 0.4) is 0 Å². The molecule has 0 saturated carbocycles. The number of likely N-dealkylation sites (tertiary alicyclic amines) is 1. The lowest BCUT2D eigenvalue weighted by atomic mass is 9.81. The molecule has 1 amide bonds. The van der Waals surface area contributed by atoms with Crippen molar-refractivity contribution in [3.05, 3.63) is 34.9 Å². The first-order valence-corrected chi connectivity index (χ1v) is 6.03. The number of benzene rings is 1. The van der Waals surface area contributed by atoms with E-state index in [0.717, 1.165) is 0 Å². The van der Waals surface area contributed by atoms with Crippen LogP contribution in [-0.4, -0.2) is 40.3 Å². The molecule has 2 unspecified atom stereocenters. The Kier molecular flexibility index (Phi) is 3.47. The van der Waals surface area contributed by atoms with Crippen LogP contribution in [0.15, 0.2) is 24.3 Å². The topological polar surface area (TPSA) is 86.8 Å². The normalized spacial score (nSPS) is 28.2. The van der Waals surface area contributed by atoms with Crippen molar-refractivity contribution in [1.82, 2.24) is 4.90 Å². The highest BCUT2D eigenvalue weighted by molar-refractivity contribution is 6.30. The molecule has 98 valence electrons. The third kappa shape index (κ3) is 2.29. The van der Waals surface area contributed by atoms with Crippen LogP contribution in [0, 0.1) is 0 Å². The Morgan fingerprint density at radius 1 is 1.44 bits per heavy atom. The largest absolute Gasteiger partial charge is 0.465 e. The fourth-order valence-corrected chi connectivity index (χ4v) is 2.37. The van der Waals surface area contributed by atoms with E-state index in [-0.39, 0.29) is 19.5 Å². The highest BCUT2D eigenvalue weighted by atomic mass is 35.5. The average molecular weight is 271 g/mol. The first kappa shape index (κ1) is 13.1. The second kappa shape index (κ2) is 4.76. The molecule has 1 heterocycles. The molecule has 1 saturated heterocycles. The van der Waals surface area contributed by atoms with Crippen molar-refractivity contribution in [3.63, 3.8) is 0 Å². The minimum absolute atomic E-state index is 0.120. The zero-order valence-corrected chi connectivity index (χ0v) is 10.5. The summed E-state index contributed by atoms with van der Waals surface area (Å²) in [5.74, 6) is 0. The van der Waals surface area contributed by atoms with Gasteiger partial charge in [0, 0.05) is 18.1 Å². The van der Waals surface area contributed by atoms with Gasteiger partial charge in [0.25, 0.3) is 0 Å². The van der Waals surface area contributed by atoms with Gasteiger partial charge in [-0.15, -0.1) is 0 Å². The SMILES string of the molecule is NC1CN(C(=O)O)CCC1(O)c1ccc(Cl)cc1. The van der Waals surface area contributed by atoms with Gasteiger partial charge in [-0.1, -0.05) is 23.7 Å². The molecule has 5 nitrogen and oxygen atoms in total. The van der Waals surface area contributed by atoms with E-state index in [9.17, 15) is 9.90 Å². The molecule has 1 aliphatic heterocycles. The monoisotopic (exact) mass is 270 g/mol. The molecule has 6 heteroatoms. The summed E-state index contributed by atoms with van der Waals surface area (Å²) in [6.45, 7) is 0.386. The second-order valence-electron chi connectivity index (χ2n) is 4.52. The van der Waals surface area contributed by atoms with E-state index < -0.39 is 17.7 Å². The average Bonchev–Trinajstić information content (AvgIpc) is 2.33. The lowest BCUT2D eigenvalue weighted by Gasteiger charge is -2.42. The van der Waals surface area contributed by atoms with Gasteiger partial charge in [0.05, 0.1) is 6.04 Å². The van der Waals surface area contributed by atoms with Crippen LogP contribution in [0.1, 0.15) is 12.0 Å². The predicted octanol–water partition coefficient (Wildman–Crippen LogP) is 1.24. The third-order valence-corrected chi connectivity index (χ3v) is 3.66. The van der Waals surface area contributed by atoms with Gasteiger partial charge in [-0.2, -0.15) is 0 Å². The maximum absolute atomic E-state index is 10.9.